The lowest BCUT2D eigenvalue weighted by molar-refractivity contribution is -0.158. The Hall–Kier alpha value is -2.57. The number of hydrogen-bond donors (Lipinski definition) is 2. The van der Waals surface area contributed by atoms with Crippen LogP contribution in [0.5, 0.6) is 0 Å². The van der Waals surface area contributed by atoms with Gasteiger partial charge in [-0.3, -0.25) is 4.79 Å². The Morgan fingerprint density at radius 1 is 0.867 bits per heavy atom. The molecule has 1 rings (SSSR count). The first kappa shape index (κ1) is 25.5. The van der Waals surface area contributed by atoms with Crippen LogP contribution in [0.25, 0.3) is 0 Å². The van der Waals surface area contributed by atoms with Gasteiger partial charge in [0, 0.05) is 5.92 Å². The number of esters is 1. The van der Waals surface area contributed by atoms with Gasteiger partial charge in [-0.05, 0) is 60.5 Å². The van der Waals surface area contributed by atoms with Gasteiger partial charge in [0.2, 0.25) is 5.91 Å². The quantitative estimate of drug-likeness (QED) is 0.647. The number of benzene rings is 1. The fraction of sp³-hybridized carbons (Fsp3) is 0.609. The maximum Gasteiger partial charge on any atom is 0.408 e. The predicted molar refractivity (Wildman–Crippen MR) is 116 cm³/mol. The molecule has 7 heteroatoms. The summed E-state index contributed by atoms with van der Waals surface area (Å²) in [6, 6.07) is 8.41. The molecule has 168 valence electrons. The van der Waals surface area contributed by atoms with Crippen molar-refractivity contribution in [3.63, 3.8) is 0 Å². The molecular weight excluding hydrogens is 384 g/mol. The minimum absolute atomic E-state index is 0.0848. The molecule has 1 aromatic rings. The topological polar surface area (TPSA) is 93.7 Å². The Morgan fingerprint density at radius 3 is 1.90 bits per heavy atom. The van der Waals surface area contributed by atoms with Crippen LogP contribution in [-0.2, 0) is 19.1 Å². The van der Waals surface area contributed by atoms with Crippen LogP contribution in [0.4, 0.5) is 4.79 Å². The molecule has 0 spiro atoms. The molecule has 0 aliphatic rings. The van der Waals surface area contributed by atoms with E-state index in [1.807, 2.05) is 37.3 Å². The van der Waals surface area contributed by atoms with E-state index in [2.05, 4.69) is 10.6 Å². The van der Waals surface area contributed by atoms with Crippen LogP contribution < -0.4 is 10.6 Å². The van der Waals surface area contributed by atoms with Crippen LogP contribution >= 0.6 is 0 Å². The summed E-state index contributed by atoms with van der Waals surface area (Å²) in [6.45, 7) is 14.0. The SMILES string of the molecule is C[C@H](C[C@H](NC(=O)OC(C)(C)C)C(=O)OC(C)(C)C)C(=O)N[C@@H](C)c1ccccc1. The molecular formula is C23H36N2O5. The van der Waals surface area contributed by atoms with Gasteiger partial charge in [0.15, 0.2) is 0 Å². The van der Waals surface area contributed by atoms with Crippen molar-refractivity contribution in [3.05, 3.63) is 35.9 Å². The summed E-state index contributed by atoms with van der Waals surface area (Å²) >= 11 is 0. The molecule has 1 aromatic carbocycles. The summed E-state index contributed by atoms with van der Waals surface area (Å²) in [7, 11) is 0. The van der Waals surface area contributed by atoms with E-state index < -0.39 is 35.2 Å². The molecule has 0 heterocycles. The Morgan fingerprint density at radius 2 is 1.40 bits per heavy atom. The first-order chi connectivity index (χ1) is 13.7. The van der Waals surface area contributed by atoms with Crippen LogP contribution in [0.1, 0.15) is 73.4 Å². The maximum absolute atomic E-state index is 12.7. The number of rotatable bonds is 7. The number of ether oxygens (including phenoxy) is 2. The van der Waals surface area contributed by atoms with Gasteiger partial charge < -0.3 is 20.1 Å². The molecule has 0 saturated heterocycles. The largest absolute Gasteiger partial charge is 0.458 e. The lowest BCUT2D eigenvalue weighted by Crippen LogP contribution is -2.48. The van der Waals surface area contributed by atoms with Crippen LogP contribution in [0.2, 0.25) is 0 Å². The molecule has 0 fully saturated rings. The van der Waals surface area contributed by atoms with E-state index >= 15 is 0 Å². The van der Waals surface area contributed by atoms with Crippen molar-refractivity contribution in [2.75, 3.05) is 0 Å². The van der Waals surface area contributed by atoms with Crippen molar-refractivity contribution >= 4 is 18.0 Å². The zero-order valence-corrected chi connectivity index (χ0v) is 19.4. The number of hydrogen-bond acceptors (Lipinski definition) is 5. The van der Waals surface area contributed by atoms with E-state index in [1.54, 1.807) is 48.5 Å². The minimum Gasteiger partial charge on any atom is -0.458 e. The molecule has 3 atom stereocenters. The molecule has 2 amide bonds. The van der Waals surface area contributed by atoms with Crippen molar-refractivity contribution in [2.45, 2.75) is 85.1 Å². The predicted octanol–water partition coefficient (Wildman–Crippen LogP) is 4.13. The van der Waals surface area contributed by atoms with Gasteiger partial charge in [0.25, 0.3) is 0 Å². The number of alkyl carbamates (subject to hydrolysis) is 1. The van der Waals surface area contributed by atoms with Crippen molar-refractivity contribution in [1.29, 1.82) is 0 Å². The van der Waals surface area contributed by atoms with Crippen LogP contribution in [0.15, 0.2) is 30.3 Å². The normalized spacial score (nSPS) is 14.8. The minimum atomic E-state index is -1.01. The van der Waals surface area contributed by atoms with Crippen LogP contribution in [-0.4, -0.2) is 35.2 Å². The Bertz CT molecular complexity index is 719. The fourth-order valence-corrected chi connectivity index (χ4v) is 2.68. The van der Waals surface area contributed by atoms with E-state index in [4.69, 9.17) is 9.47 Å². The van der Waals surface area contributed by atoms with Gasteiger partial charge >= 0.3 is 12.1 Å². The summed E-state index contributed by atoms with van der Waals surface area (Å²) in [5.74, 6) is -1.36. The molecule has 0 aromatic heterocycles. The Kier molecular flexibility index (Phi) is 8.88. The van der Waals surface area contributed by atoms with Crippen molar-refractivity contribution in [1.82, 2.24) is 10.6 Å². The highest BCUT2D eigenvalue weighted by Crippen LogP contribution is 2.17. The summed E-state index contributed by atoms with van der Waals surface area (Å²) in [6.07, 6.45) is -0.648. The standard InChI is InChI=1S/C23H36N2O5/c1-15(19(26)24-16(2)17-12-10-9-11-13-17)14-18(20(27)29-22(3,4)5)25-21(28)30-23(6,7)8/h9-13,15-16,18H,14H2,1-8H3,(H,24,26)(H,25,28)/t15-,16+,18+/m1/s1. The molecule has 0 radical (unpaired) electrons. The highest BCUT2D eigenvalue weighted by Gasteiger charge is 2.31. The summed E-state index contributed by atoms with van der Waals surface area (Å²) in [5, 5.41) is 5.50. The van der Waals surface area contributed by atoms with Gasteiger partial charge in [0.05, 0.1) is 6.04 Å². The Labute approximate surface area is 179 Å². The van der Waals surface area contributed by atoms with Crippen molar-refractivity contribution in [3.8, 4) is 0 Å². The number of carbonyl (C=O) groups is 3. The number of carbonyl (C=O) groups excluding carboxylic acids is 3. The molecule has 0 aliphatic carbocycles. The highest BCUT2D eigenvalue weighted by atomic mass is 16.6. The van der Waals surface area contributed by atoms with E-state index in [-0.39, 0.29) is 18.4 Å². The monoisotopic (exact) mass is 420 g/mol. The first-order valence-corrected chi connectivity index (χ1v) is 10.3. The lowest BCUT2D eigenvalue weighted by atomic mass is 9.99. The van der Waals surface area contributed by atoms with Crippen molar-refractivity contribution in [2.24, 2.45) is 5.92 Å². The fourth-order valence-electron chi connectivity index (χ4n) is 2.68. The number of nitrogens with one attached hydrogen (secondary N) is 2. The zero-order chi connectivity index (χ0) is 23.1. The third-order valence-corrected chi connectivity index (χ3v) is 4.08. The van der Waals surface area contributed by atoms with Gasteiger partial charge in [-0.1, -0.05) is 37.3 Å². The summed E-state index contributed by atoms with van der Waals surface area (Å²) < 4.78 is 10.7. The third-order valence-electron chi connectivity index (χ3n) is 4.08. The summed E-state index contributed by atoms with van der Waals surface area (Å²) in [5.41, 5.74) is -0.455. The average molecular weight is 421 g/mol. The highest BCUT2D eigenvalue weighted by molar-refractivity contribution is 5.84. The second-order valence-electron chi connectivity index (χ2n) is 9.51. The summed E-state index contributed by atoms with van der Waals surface area (Å²) in [4.78, 5) is 37.5. The second kappa shape index (κ2) is 10.5. The van der Waals surface area contributed by atoms with E-state index in [9.17, 15) is 14.4 Å². The first-order valence-electron chi connectivity index (χ1n) is 10.3. The average Bonchev–Trinajstić information content (AvgIpc) is 2.58. The van der Waals surface area contributed by atoms with E-state index in [0.29, 0.717) is 0 Å². The molecule has 0 aliphatic heterocycles. The molecule has 0 bridgehead atoms. The molecule has 2 N–H and O–H groups in total. The Balaban J connectivity index is 2.83. The molecule has 7 nitrogen and oxygen atoms in total. The smallest absolute Gasteiger partial charge is 0.408 e. The van der Waals surface area contributed by atoms with Gasteiger partial charge in [0.1, 0.15) is 17.2 Å². The van der Waals surface area contributed by atoms with Crippen LogP contribution in [0.3, 0.4) is 0 Å². The second-order valence-corrected chi connectivity index (χ2v) is 9.51. The van der Waals surface area contributed by atoms with E-state index in [0.717, 1.165) is 5.56 Å². The molecule has 0 saturated carbocycles. The molecule has 30 heavy (non-hydrogen) atoms. The number of amides is 2. The lowest BCUT2D eigenvalue weighted by Gasteiger charge is -2.27. The van der Waals surface area contributed by atoms with Gasteiger partial charge in [-0.25, -0.2) is 9.59 Å². The van der Waals surface area contributed by atoms with Gasteiger partial charge in [-0.15, -0.1) is 0 Å². The van der Waals surface area contributed by atoms with Crippen LogP contribution in [0, 0.1) is 5.92 Å². The molecule has 0 unspecified atom stereocenters. The van der Waals surface area contributed by atoms with Crippen molar-refractivity contribution < 1.29 is 23.9 Å². The van der Waals surface area contributed by atoms with Gasteiger partial charge in [-0.2, -0.15) is 0 Å². The zero-order valence-electron chi connectivity index (χ0n) is 19.4. The third kappa shape index (κ3) is 9.76. The van der Waals surface area contributed by atoms with E-state index in [1.165, 1.54) is 0 Å². The maximum atomic E-state index is 12.7.